The zero-order chi connectivity index (χ0) is 11.3. The van der Waals surface area contributed by atoms with Gasteiger partial charge in [-0.3, -0.25) is 0 Å². The van der Waals surface area contributed by atoms with Crippen molar-refractivity contribution in [1.82, 2.24) is 15.2 Å². The number of hydrogen-bond donors (Lipinski definition) is 0. The Balaban J connectivity index is 2.85. The molecule has 0 N–H and O–H groups in total. The van der Waals surface area contributed by atoms with E-state index in [1.165, 1.54) is 0 Å². The van der Waals surface area contributed by atoms with Gasteiger partial charge in [-0.15, -0.1) is 16.7 Å². The van der Waals surface area contributed by atoms with E-state index in [0.717, 1.165) is 30.9 Å². The molecule has 0 unspecified atom stereocenters. The minimum absolute atomic E-state index is 0.580. The first-order valence-corrected chi connectivity index (χ1v) is 5.71. The van der Waals surface area contributed by atoms with Crippen molar-refractivity contribution < 1.29 is 0 Å². The molecule has 1 rings (SSSR count). The Morgan fingerprint density at radius 3 is 2.40 bits per heavy atom. The molecule has 0 aliphatic rings. The molecule has 0 spiro atoms. The second-order valence-electron chi connectivity index (χ2n) is 3.46. The summed E-state index contributed by atoms with van der Waals surface area (Å²) in [5.74, 6) is 1.26. The number of nitrogens with zero attached hydrogens (tertiary/aromatic N) is 4. The van der Waals surface area contributed by atoms with Gasteiger partial charge < -0.3 is 4.90 Å². The van der Waals surface area contributed by atoms with Crippen molar-refractivity contribution >= 4 is 17.5 Å². The van der Waals surface area contributed by atoms with Crippen molar-refractivity contribution in [3.05, 3.63) is 11.4 Å². The molecular weight excluding hydrogens is 212 g/mol. The summed E-state index contributed by atoms with van der Waals surface area (Å²) in [6, 6.07) is 0. The molecule has 0 aromatic carbocycles. The van der Waals surface area contributed by atoms with Crippen LogP contribution in [0.5, 0.6) is 0 Å². The van der Waals surface area contributed by atoms with Gasteiger partial charge in [-0.1, -0.05) is 6.92 Å². The number of anilines is 1. The molecule has 0 radical (unpaired) electrons. The quantitative estimate of drug-likeness (QED) is 0.723. The van der Waals surface area contributed by atoms with Crippen LogP contribution in [0.3, 0.4) is 0 Å². The van der Waals surface area contributed by atoms with Crippen LogP contribution >= 0.6 is 11.6 Å². The number of rotatable bonds is 5. The van der Waals surface area contributed by atoms with Gasteiger partial charge in [0, 0.05) is 19.0 Å². The van der Waals surface area contributed by atoms with Crippen LogP contribution in [-0.4, -0.2) is 34.2 Å². The monoisotopic (exact) mass is 228 g/mol. The summed E-state index contributed by atoms with van der Waals surface area (Å²) in [5.41, 5.74) is 1.80. The average Bonchev–Trinajstić information content (AvgIpc) is 2.22. The molecule has 0 atom stereocenters. The summed E-state index contributed by atoms with van der Waals surface area (Å²) in [7, 11) is 0. The predicted molar refractivity (Wildman–Crippen MR) is 62.5 cm³/mol. The molecule has 0 fully saturated rings. The van der Waals surface area contributed by atoms with E-state index in [0.29, 0.717) is 11.8 Å². The first kappa shape index (κ1) is 12.2. The molecule has 0 aliphatic heterocycles. The minimum atomic E-state index is 0.580. The highest BCUT2D eigenvalue weighted by Crippen LogP contribution is 2.08. The summed E-state index contributed by atoms with van der Waals surface area (Å²) in [4.78, 5) is 6.47. The SMILES string of the molecule is CCCN(CCCl)c1nnc(C)c(C)n1. The van der Waals surface area contributed by atoms with Crippen LogP contribution in [0, 0.1) is 13.8 Å². The van der Waals surface area contributed by atoms with Crippen LogP contribution in [0.1, 0.15) is 24.7 Å². The smallest absolute Gasteiger partial charge is 0.245 e. The molecule has 1 aromatic heterocycles. The molecule has 0 saturated heterocycles. The van der Waals surface area contributed by atoms with Crippen molar-refractivity contribution in [2.24, 2.45) is 0 Å². The summed E-state index contributed by atoms with van der Waals surface area (Å²) in [5, 5.41) is 8.15. The van der Waals surface area contributed by atoms with Crippen LogP contribution in [0.25, 0.3) is 0 Å². The number of alkyl halides is 1. The number of hydrogen-bond acceptors (Lipinski definition) is 4. The maximum absolute atomic E-state index is 5.74. The van der Waals surface area contributed by atoms with E-state index < -0.39 is 0 Å². The third kappa shape index (κ3) is 3.30. The lowest BCUT2D eigenvalue weighted by atomic mass is 10.4. The Bertz CT molecular complexity index is 310. The molecule has 0 aliphatic carbocycles. The second-order valence-corrected chi connectivity index (χ2v) is 3.84. The fourth-order valence-electron chi connectivity index (χ4n) is 1.26. The average molecular weight is 229 g/mol. The van der Waals surface area contributed by atoms with Crippen LogP contribution in [0.15, 0.2) is 0 Å². The molecule has 1 aromatic rings. The zero-order valence-electron chi connectivity index (χ0n) is 9.50. The van der Waals surface area contributed by atoms with Crippen LogP contribution < -0.4 is 4.90 Å². The van der Waals surface area contributed by atoms with E-state index in [2.05, 4.69) is 27.0 Å². The topological polar surface area (TPSA) is 41.9 Å². The van der Waals surface area contributed by atoms with E-state index in [9.17, 15) is 0 Å². The van der Waals surface area contributed by atoms with E-state index in [-0.39, 0.29) is 0 Å². The highest BCUT2D eigenvalue weighted by molar-refractivity contribution is 6.18. The van der Waals surface area contributed by atoms with Gasteiger partial charge in [0.15, 0.2) is 0 Å². The first-order valence-electron chi connectivity index (χ1n) is 5.17. The Morgan fingerprint density at radius 1 is 1.13 bits per heavy atom. The zero-order valence-corrected chi connectivity index (χ0v) is 10.3. The lowest BCUT2D eigenvalue weighted by molar-refractivity contribution is 0.738. The number of aromatic nitrogens is 3. The van der Waals surface area contributed by atoms with Crippen molar-refractivity contribution in [1.29, 1.82) is 0 Å². The fraction of sp³-hybridized carbons (Fsp3) is 0.700. The molecule has 4 nitrogen and oxygen atoms in total. The summed E-state index contributed by atoms with van der Waals surface area (Å²) >= 11 is 5.74. The van der Waals surface area contributed by atoms with Crippen molar-refractivity contribution in [3.8, 4) is 0 Å². The fourth-order valence-corrected chi connectivity index (χ4v) is 1.47. The number of aryl methyl sites for hydroxylation is 2. The third-order valence-electron chi connectivity index (χ3n) is 2.21. The van der Waals surface area contributed by atoms with Gasteiger partial charge in [0.25, 0.3) is 0 Å². The molecular formula is C10H17ClN4. The normalized spacial score (nSPS) is 10.4. The summed E-state index contributed by atoms with van der Waals surface area (Å²) < 4.78 is 0. The second kappa shape index (κ2) is 5.85. The van der Waals surface area contributed by atoms with Crippen LogP contribution in [0.2, 0.25) is 0 Å². The largest absolute Gasteiger partial charge is 0.338 e. The van der Waals surface area contributed by atoms with Crippen molar-refractivity contribution in [2.45, 2.75) is 27.2 Å². The van der Waals surface area contributed by atoms with E-state index in [4.69, 9.17) is 11.6 Å². The predicted octanol–water partition coefficient (Wildman–Crippen LogP) is 1.94. The molecule has 5 heteroatoms. The standard InChI is InChI=1S/C10H17ClN4/c1-4-6-15(7-5-11)10-12-8(2)9(3)13-14-10/h4-7H2,1-3H3. The lowest BCUT2D eigenvalue weighted by Gasteiger charge is -2.20. The van der Waals surface area contributed by atoms with Crippen LogP contribution in [-0.2, 0) is 0 Å². The summed E-state index contributed by atoms with van der Waals surface area (Å²) in [6.45, 7) is 7.65. The van der Waals surface area contributed by atoms with Gasteiger partial charge in [0.05, 0.1) is 11.4 Å². The summed E-state index contributed by atoms with van der Waals surface area (Å²) in [6.07, 6.45) is 1.05. The maximum Gasteiger partial charge on any atom is 0.245 e. The highest BCUT2D eigenvalue weighted by Gasteiger charge is 2.09. The molecule has 84 valence electrons. The Kier molecular flexibility index (Phi) is 4.75. The van der Waals surface area contributed by atoms with Crippen molar-refractivity contribution in [2.75, 3.05) is 23.9 Å². The molecule has 15 heavy (non-hydrogen) atoms. The first-order chi connectivity index (χ1) is 7.19. The van der Waals surface area contributed by atoms with E-state index in [1.807, 2.05) is 13.8 Å². The maximum atomic E-state index is 5.74. The highest BCUT2D eigenvalue weighted by atomic mass is 35.5. The van der Waals surface area contributed by atoms with E-state index in [1.54, 1.807) is 0 Å². The molecule has 1 heterocycles. The Hall–Kier alpha value is -0.900. The van der Waals surface area contributed by atoms with Gasteiger partial charge >= 0.3 is 0 Å². The van der Waals surface area contributed by atoms with Gasteiger partial charge in [-0.05, 0) is 20.3 Å². The molecule has 0 saturated carbocycles. The lowest BCUT2D eigenvalue weighted by Crippen LogP contribution is -2.28. The Labute approximate surface area is 95.7 Å². The van der Waals surface area contributed by atoms with Gasteiger partial charge in [-0.25, -0.2) is 4.98 Å². The van der Waals surface area contributed by atoms with Gasteiger partial charge in [-0.2, -0.15) is 5.10 Å². The minimum Gasteiger partial charge on any atom is -0.338 e. The van der Waals surface area contributed by atoms with Crippen LogP contribution in [0.4, 0.5) is 5.95 Å². The van der Waals surface area contributed by atoms with Gasteiger partial charge in [0.2, 0.25) is 5.95 Å². The molecule has 0 amide bonds. The van der Waals surface area contributed by atoms with Gasteiger partial charge in [0.1, 0.15) is 0 Å². The van der Waals surface area contributed by atoms with Crippen molar-refractivity contribution in [3.63, 3.8) is 0 Å². The number of halogens is 1. The third-order valence-corrected chi connectivity index (χ3v) is 2.38. The molecule has 0 bridgehead atoms. The Morgan fingerprint density at radius 2 is 1.87 bits per heavy atom. The van der Waals surface area contributed by atoms with E-state index >= 15 is 0 Å².